The van der Waals surface area contributed by atoms with Crippen LogP contribution in [0.15, 0.2) is 47.4 Å². The lowest BCUT2D eigenvalue weighted by Gasteiger charge is -2.18. The van der Waals surface area contributed by atoms with Crippen molar-refractivity contribution in [3.8, 4) is 6.07 Å². The SMILES string of the molecule is CN(Cc1cccc(C#N)c1)C(=O)c1ccc(Cl)c(S(C)(=O)=O)c1. The number of halogens is 1. The Balaban J connectivity index is 2.27. The van der Waals surface area contributed by atoms with Gasteiger partial charge in [0.1, 0.15) is 0 Å². The summed E-state index contributed by atoms with van der Waals surface area (Å²) in [5.41, 5.74) is 1.56. The fourth-order valence-corrected chi connectivity index (χ4v) is 3.53. The molecule has 0 spiro atoms. The zero-order valence-electron chi connectivity index (χ0n) is 13.2. The maximum atomic E-state index is 12.5. The van der Waals surface area contributed by atoms with Crippen LogP contribution < -0.4 is 0 Å². The highest BCUT2D eigenvalue weighted by Gasteiger charge is 2.18. The van der Waals surface area contributed by atoms with E-state index < -0.39 is 9.84 Å². The lowest BCUT2D eigenvalue weighted by molar-refractivity contribution is 0.0785. The van der Waals surface area contributed by atoms with E-state index >= 15 is 0 Å². The van der Waals surface area contributed by atoms with E-state index in [-0.39, 0.29) is 21.4 Å². The topological polar surface area (TPSA) is 78.2 Å². The van der Waals surface area contributed by atoms with Crippen molar-refractivity contribution < 1.29 is 13.2 Å². The molecule has 0 saturated heterocycles. The number of carbonyl (C=O) groups is 1. The van der Waals surface area contributed by atoms with Gasteiger partial charge in [0.2, 0.25) is 0 Å². The molecule has 0 atom stereocenters. The Morgan fingerprint density at radius 2 is 1.96 bits per heavy atom. The molecule has 0 radical (unpaired) electrons. The van der Waals surface area contributed by atoms with Gasteiger partial charge in [0.15, 0.2) is 9.84 Å². The number of nitrogens with zero attached hydrogens (tertiary/aromatic N) is 2. The summed E-state index contributed by atoms with van der Waals surface area (Å²) in [5.74, 6) is -0.334. The molecule has 0 aliphatic heterocycles. The smallest absolute Gasteiger partial charge is 0.253 e. The number of sulfone groups is 1. The minimum absolute atomic E-state index is 0.0742. The largest absolute Gasteiger partial charge is 0.337 e. The Hall–Kier alpha value is -2.36. The van der Waals surface area contributed by atoms with E-state index in [0.717, 1.165) is 11.8 Å². The molecule has 0 aromatic heterocycles. The summed E-state index contributed by atoms with van der Waals surface area (Å²) >= 11 is 5.89. The highest BCUT2D eigenvalue weighted by molar-refractivity contribution is 7.90. The summed E-state index contributed by atoms with van der Waals surface area (Å²) in [4.78, 5) is 13.9. The van der Waals surface area contributed by atoms with Gasteiger partial charge in [0.05, 0.1) is 21.6 Å². The second-order valence-electron chi connectivity index (χ2n) is 5.39. The molecule has 0 N–H and O–H groups in total. The number of nitriles is 1. The molecule has 0 bridgehead atoms. The van der Waals surface area contributed by atoms with Gasteiger partial charge in [0.25, 0.3) is 5.91 Å². The summed E-state index contributed by atoms with van der Waals surface area (Å²) in [6.07, 6.45) is 1.04. The van der Waals surface area contributed by atoms with Crippen LogP contribution in [0.4, 0.5) is 0 Å². The Morgan fingerprint density at radius 3 is 2.58 bits per heavy atom. The molecule has 2 rings (SSSR count). The molecule has 124 valence electrons. The normalized spacial score (nSPS) is 10.9. The van der Waals surface area contributed by atoms with Crippen LogP contribution in [0.1, 0.15) is 21.5 Å². The van der Waals surface area contributed by atoms with Gasteiger partial charge in [-0.1, -0.05) is 23.7 Å². The van der Waals surface area contributed by atoms with Crippen molar-refractivity contribution in [3.05, 3.63) is 64.2 Å². The molecule has 1 amide bonds. The molecule has 0 unspecified atom stereocenters. The molecule has 2 aromatic rings. The number of rotatable bonds is 4. The van der Waals surface area contributed by atoms with E-state index in [4.69, 9.17) is 16.9 Å². The van der Waals surface area contributed by atoms with E-state index in [9.17, 15) is 13.2 Å². The molecule has 24 heavy (non-hydrogen) atoms. The quantitative estimate of drug-likeness (QED) is 0.837. The average Bonchev–Trinajstić information content (AvgIpc) is 2.53. The summed E-state index contributed by atoms with van der Waals surface area (Å²) in [7, 11) is -1.91. The summed E-state index contributed by atoms with van der Waals surface area (Å²) < 4.78 is 23.4. The molecule has 0 saturated carbocycles. The van der Waals surface area contributed by atoms with Crippen LogP contribution in [0.25, 0.3) is 0 Å². The highest BCUT2D eigenvalue weighted by Crippen LogP contribution is 2.23. The Morgan fingerprint density at radius 1 is 1.25 bits per heavy atom. The zero-order valence-corrected chi connectivity index (χ0v) is 14.7. The summed E-state index contributed by atoms with van der Waals surface area (Å²) in [6, 6.07) is 13.2. The number of hydrogen-bond donors (Lipinski definition) is 0. The van der Waals surface area contributed by atoms with Crippen LogP contribution >= 0.6 is 11.6 Å². The molecule has 0 fully saturated rings. The van der Waals surface area contributed by atoms with Crippen LogP contribution in [0.5, 0.6) is 0 Å². The monoisotopic (exact) mass is 362 g/mol. The second kappa shape index (κ2) is 7.04. The van der Waals surface area contributed by atoms with Crippen LogP contribution in [-0.4, -0.2) is 32.5 Å². The number of carbonyl (C=O) groups excluding carboxylic acids is 1. The third-order valence-corrected chi connectivity index (χ3v) is 4.98. The molecule has 7 heteroatoms. The maximum Gasteiger partial charge on any atom is 0.253 e. The molecular formula is C17H15ClN2O3S. The van der Waals surface area contributed by atoms with Crippen LogP contribution in [0.3, 0.4) is 0 Å². The van der Waals surface area contributed by atoms with Gasteiger partial charge in [-0.05, 0) is 35.9 Å². The third-order valence-electron chi connectivity index (χ3n) is 3.40. The maximum absolute atomic E-state index is 12.5. The van der Waals surface area contributed by atoms with Crippen LogP contribution in [-0.2, 0) is 16.4 Å². The second-order valence-corrected chi connectivity index (χ2v) is 7.78. The lowest BCUT2D eigenvalue weighted by Crippen LogP contribution is -2.26. The van der Waals surface area contributed by atoms with Gasteiger partial charge >= 0.3 is 0 Å². The van der Waals surface area contributed by atoms with Crippen molar-refractivity contribution in [1.82, 2.24) is 4.90 Å². The fourth-order valence-electron chi connectivity index (χ4n) is 2.23. The summed E-state index contributed by atoms with van der Waals surface area (Å²) in [5, 5.41) is 9.00. The lowest BCUT2D eigenvalue weighted by atomic mass is 10.1. The number of amides is 1. The Kier molecular flexibility index (Phi) is 5.27. The van der Waals surface area contributed by atoms with Crippen LogP contribution in [0, 0.1) is 11.3 Å². The minimum Gasteiger partial charge on any atom is -0.337 e. The standard InChI is InChI=1S/C17H15ClN2O3S/c1-20(11-13-5-3-4-12(8-13)10-19)17(21)14-6-7-15(18)16(9-14)24(2,22)23/h3-9H,11H2,1-2H3. The van der Waals surface area contributed by atoms with Crippen molar-refractivity contribution in [3.63, 3.8) is 0 Å². The fraction of sp³-hybridized carbons (Fsp3) is 0.176. The first-order valence-electron chi connectivity index (χ1n) is 6.96. The Labute approximate surface area is 146 Å². The van der Waals surface area contributed by atoms with Crippen molar-refractivity contribution in [2.24, 2.45) is 0 Å². The van der Waals surface area contributed by atoms with E-state index in [1.165, 1.54) is 23.1 Å². The molecular weight excluding hydrogens is 348 g/mol. The first kappa shape index (κ1) is 18.0. The van der Waals surface area contributed by atoms with E-state index in [1.807, 2.05) is 12.1 Å². The van der Waals surface area contributed by atoms with Gasteiger partial charge in [-0.2, -0.15) is 5.26 Å². The van der Waals surface area contributed by atoms with E-state index in [2.05, 4.69) is 0 Å². The zero-order chi connectivity index (χ0) is 17.9. The van der Waals surface area contributed by atoms with Gasteiger partial charge in [-0.25, -0.2) is 8.42 Å². The van der Waals surface area contributed by atoms with Crippen molar-refractivity contribution in [2.45, 2.75) is 11.4 Å². The Bertz CT molecular complexity index is 933. The number of hydrogen-bond acceptors (Lipinski definition) is 4. The molecule has 0 heterocycles. The summed E-state index contributed by atoms with van der Waals surface area (Å²) in [6.45, 7) is 0.297. The molecule has 0 aliphatic carbocycles. The predicted octanol–water partition coefficient (Wildman–Crippen LogP) is 2.89. The number of benzene rings is 2. The van der Waals surface area contributed by atoms with Crippen molar-refractivity contribution >= 4 is 27.3 Å². The average molecular weight is 363 g/mol. The first-order chi connectivity index (χ1) is 11.2. The van der Waals surface area contributed by atoms with Gasteiger partial charge < -0.3 is 4.90 Å². The third kappa shape index (κ3) is 4.13. The van der Waals surface area contributed by atoms with E-state index in [1.54, 1.807) is 25.2 Å². The van der Waals surface area contributed by atoms with Gasteiger partial charge in [-0.3, -0.25) is 4.79 Å². The molecule has 0 aliphatic rings. The minimum atomic E-state index is -3.52. The molecule has 5 nitrogen and oxygen atoms in total. The first-order valence-corrected chi connectivity index (χ1v) is 9.23. The van der Waals surface area contributed by atoms with Crippen molar-refractivity contribution in [2.75, 3.05) is 13.3 Å². The van der Waals surface area contributed by atoms with Gasteiger partial charge in [0, 0.05) is 25.4 Å². The molecule has 2 aromatic carbocycles. The van der Waals surface area contributed by atoms with Crippen LogP contribution in [0.2, 0.25) is 5.02 Å². The highest BCUT2D eigenvalue weighted by atomic mass is 35.5. The van der Waals surface area contributed by atoms with Gasteiger partial charge in [-0.15, -0.1) is 0 Å². The van der Waals surface area contributed by atoms with E-state index in [0.29, 0.717) is 12.1 Å². The predicted molar refractivity (Wildman–Crippen MR) is 91.5 cm³/mol. The van der Waals surface area contributed by atoms with Crippen molar-refractivity contribution in [1.29, 1.82) is 5.26 Å².